The summed E-state index contributed by atoms with van der Waals surface area (Å²) in [6, 6.07) is 8.60. The highest BCUT2D eigenvalue weighted by Crippen LogP contribution is 2.35. The van der Waals surface area contributed by atoms with Crippen LogP contribution < -0.4 is 4.90 Å². The Bertz CT molecular complexity index is 1120. The quantitative estimate of drug-likeness (QED) is 0.160. The molecule has 4 N–H and O–H groups in total. The molecule has 0 saturated carbocycles. The predicted molar refractivity (Wildman–Crippen MR) is 156 cm³/mol. The lowest BCUT2D eigenvalue weighted by atomic mass is 9.96. The number of rotatable bonds is 15. The third kappa shape index (κ3) is 8.22. The van der Waals surface area contributed by atoms with Gasteiger partial charge in [0.25, 0.3) is 0 Å². The maximum Gasteiger partial charge on any atom is 0.229 e. The SMILES string of the molecule is CCCCC(CC)CN(CC(CC)CCCC)c1nc(-c2ccc(O)cc2O)nc(-c2ccc(O)cc2O)n1. The molecule has 2 atom stereocenters. The molecule has 2 aromatic carbocycles. The van der Waals surface area contributed by atoms with E-state index in [2.05, 4.69) is 37.6 Å². The van der Waals surface area contributed by atoms with Crippen LogP contribution in [0.5, 0.6) is 23.0 Å². The molecule has 8 heteroatoms. The van der Waals surface area contributed by atoms with Crippen LogP contribution in [0, 0.1) is 11.8 Å². The number of aromatic hydroxyl groups is 4. The molecule has 39 heavy (non-hydrogen) atoms. The van der Waals surface area contributed by atoms with Crippen LogP contribution in [-0.4, -0.2) is 48.5 Å². The molecule has 0 aliphatic heterocycles. The molecule has 1 heterocycles. The summed E-state index contributed by atoms with van der Waals surface area (Å²) in [6.07, 6.45) is 8.95. The molecule has 3 rings (SSSR count). The molecule has 0 amide bonds. The highest BCUT2D eigenvalue weighted by molar-refractivity contribution is 5.71. The molecule has 8 nitrogen and oxygen atoms in total. The Balaban J connectivity index is 2.16. The van der Waals surface area contributed by atoms with Gasteiger partial charge in [-0.1, -0.05) is 66.2 Å². The number of phenols is 4. The standard InChI is InChI=1S/C31H44N4O4/c1-5-9-11-21(7-3)19-35(20-22(8-4)12-10-6-2)31-33-29(25-15-13-23(36)17-27(25)38)32-30(34-31)26-16-14-24(37)18-28(26)39/h13-18,21-22,36-39H,5-12,19-20H2,1-4H3. The number of hydrogen-bond acceptors (Lipinski definition) is 8. The molecular formula is C31H44N4O4. The molecular weight excluding hydrogens is 492 g/mol. The first kappa shape index (κ1) is 30.0. The number of aromatic nitrogens is 3. The third-order valence-electron chi connectivity index (χ3n) is 7.39. The molecule has 0 spiro atoms. The predicted octanol–water partition coefficient (Wildman–Crippen LogP) is 7.27. The second-order valence-electron chi connectivity index (χ2n) is 10.4. The van der Waals surface area contributed by atoms with Crippen molar-refractivity contribution in [2.75, 3.05) is 18.0 Å². The van der Waals surface area contributed by atoms with Gasteiger partial charge in [0.05, 0.1) is 11.1 Å². The third-order valence-corrected chi connectivity index (χ3v) is 7.39. The maximum absolute atomic E-state index is 10.6. The van der Waals surface area contributed by atoms with E-state index in [-0.39, 0.29) is 34.6 Å². The van der Waals surface area contributed by atoms with Crippen molar-refractivity contribution in [2.45, 2.75) is 79.1 Å². The number of anilines is 1. The van der Waals surface area contributed by atoms with Gasteiger partial charge in [0, 0.05) is 25.2 Å². The summed E-state index contributed by atoms with van der Waals surface area (Å²) in [5.41, 5.74) is 0.707. The lowest BCUT2D eigenvalue weighted by molar-refractivity contribution is 0.400. The Morgan fingerprint density at radius 3 is 1.44 bits per heavy atom. The molecule has 3 aromatic rings. The van der Waals surface area contributed by atoms with E-state index in [1.807, 2.05) is 0 Å². The van der Waals surface area contributed by atoms with Gasteiger partial charge in [-0.05, 0) is 48.9 Å². The zero-order valence-electron chi connectivity index (χ0n) is 23.8. The summed E-state index contributed by atoms with van der Waals surface area (Å²) in [5, 5.41) is 40.9. The average Bonchev–Trinajstić information content (AvgIpc) is 2.92. The molecule has 0 aliphatic carbocycles. The van der Waals surface area contributed by atoms with E-state index in [9.17, 15) is 20.4 Å². The second kappa shape index (κ2) is 14.6. The van der Waals surface area contributed by atoms with Crippen LogP contribution in [0.3, 0.4) is 0 Å². The second-order valence-corrected chi connectivity index (χ2v) is 10.4. The Labute approximate surface area is 232 Å². The van der Waals surface area contributed by atoms with Crippen LogP contribution in [0.1, 0.15) is 79.1 Å². The van der Waals surface area contributed by atoms with Crippen LogP contribution in [0.15, 0.2) is 36.4 Å². The van der Waals surface area contributed by atoms with E-state index >= 15 is 0 Å². The van der Waals surface area contributed by atoms with E-state index in [0.717, 1.165) is 64.5 Å². The first-order valence-electron chi connectivity index (χ1n) is 14.3. The highest BCUT2D eigenvalue weighted by Gasteiger charge is 2.23. The van der Waals surface area contributed by atoms with Crippen molar-refractivity contribution >= 4 is 5.95 Å². The first-order valence-corrected chi connectivity index (χ1v) is 14.3. The Kier molecular flexibility index (Phi) is 11.2. The van der Waals surface area contributed by atoms with E-state index in [4.69, 9.17) is 9.97 Å². The summed E-state index contributed by atoms with van der Waals surface area (Å²) in [5.74, 6) is 1.50. The Morgan fingerprint density at radius 2 is 1.08 bits per heavy atom. The smallest absolute Gasteiger partial charge is 0.229 e. The topological polar surface area (TPSA) is 123 Å². The molecule has 2 unspecified atom stereocenters. The van der Waals surface area contributed by atoms with Crippen LogP contribution in [0.4, 0.5) is 5.95 Å². The number of phenolic OH excluding ortho intramolecular Hbond substituents is 4. The Morgan fingerprint density at radius 1 is 0.641 bits per heavy atom. The normalized spacial score (nSPS) is 12.8. The maximum atomic E-state index is 10.6. The van der Waals surface area contributed by atoms with Gasteiger partial charge in [0.15, 0.2) is 11.6 Å². The number of unbranched alkanes of at least 4 members (excludes halogenated alkanes) is 2. The zero-order chi connectivity index (χ0) is 28.4. The van der Waals surface area contributed by atoms with E-state index in [1.54, 1.807) is 12.1 Å². The van der Waals surface area contributed by atoms with Gasteiger partial charge in [-0.25, -0.2) is 4.98 Å². The average molecular weight is 537 g/mol. The fourth-order valence-electron chi connectivity index (χ4n) is 4.86. The van der Waals surface area contributed by atoms with Crippen LogP contribution in [0.25, 0.3) is 22.8 Å². The molecule has 0 saturated heterocycles. The highest BCUT2D eigenvalue weighted by atomic mass is 16.3. The fourth-order valence-corrected chi connectivity index (χ4v) is 4.86. The van der Waals surface area contributed by atoms with E-state index < -0.39 is 0 Å². The summed E-state index contributed by atoms with van der Waals surface area (Å²) in [4.78, 5) is 16.5. The fraction of sp³-hybridized carbons (Fsp3) is 0.516. The zero-order valence-corrected chi connectivity index (χ0v) is 23.8. The van der Waals surface area contributed by atoms with Gasteiger partial charge in [-0.2, -0.15) is 9.97 Å². The van der Waals surface area contributed by atoms with Crippen molar-refractivity contribution in [3.8, 4) is 45.8 Å². The van der Waals surface area contributed by atoms with Crippen molar-refractivity contribution in [3.63, 3.8) is 0 Å². The molecule has 1 aromatic heterocycles. The van der Waals surface area contributed by atoms with E-state index in [0.29, 0.717) is 28.9 Å². The van der Waals surface area contributed by atoms with Gasteiger partial charge >= 0.3 is 0 Å². The minimum atomic E-state index is -0.150. The van der Waals surface area contributed by atoms with Gasteiger partial charge in [-0.3, -0.25) is 0 Å². The summed E-state index contributed by atoms with van der Waals surface area (Å²) in [7, 11) is 0. The van der Waals surface area contributed by atoms with E-state index in [1.165, 1.54) is 24.3 Å². The van der Waals surface area contributed by atoms with Crippen molar-refractivity contribution in [3.05, 3.63) is 36.4 Å². The van der Waals surface area contributed by atoms with Crippen molar-refractivity contribution in [2.24, 2.45) is 11.8 Å². The largest absolute Gasteiger partial charge is 0.508 e. The van der Waals surface area contributed by atoms with Gasteiger partial charge in [0.2, 0.25) is 5.95 Å². The Hall–Kier alpha value is -3.55. The lowest BCUT2D eigenvalue weighted by Crippen LogP contribution is -2.35. The van der Waals surface area contributed by atoms with Crippen molar-refractivity contribution < 1.29 is 20.4 Å². The molecule has 212 valence electrons. The minimum Gasteiger partial charge on any atom is -0.508 e. The van der Waals surface area contributed by atoms with Gasteiger partial charge in [0.1, 0.15) is 23.0 Å². The van der Waals surface area contributed by atoms with Crippen LogP contribution >= 0.6 is 0 Å². The monoisotopic (exact) mass is 536 g/mol. The molecule has 0 radical (unpaired) electrons. The number of hydrogen-bond donors (Lipinski definition) is 4. The lowest BCUT2D eigenvalue weighted by Gasteiger charge is -2.31. The minimum absolute atomic E-state index is 0.0630. The van der Waals surface area contributed by atoms with Gasteiger partial charge in [-0.15, -0.1) is 0 Å². The van der Waals surface area contributed by atoms with Crippen LogP contribution in [-0.2, 0) is 0 Å². The molecule has 0 aliphatic rings. The summed E-state index contributed by atoms with van der Waals surface area (Å²) < 4.78 is 0. The number of benzene rings is 2. The molecule has 0 bridgehead atoms. The van der Waals surface area contributed by atoms with Crippen molar-refractivity contribution in [1.29, 1.82) is 0 Å². The van der Waals surface area contributed by atoms with Crippen molar-refractivity contribution in [1.82, 2.24) is 15.0 Å². The summed E-state index contributed by atoms with van der Waals surface area (Å²) in [6.45, 7) is 10.5. The molecule has 0 fully saturated rings. The van der Waals surface area contributed by atoms with Crippen LogP contribution in [0.2, 0.25) is 0 Å². The first-order chi connectivity index (χ1) is 18.8. The van der Waals surface area contributed by atoms with Gasteiger partial charge < -0.3 is 25.3 Å². The summed E-state index contributed by atoms with van der Waals surface area (Å²) >= 11 is 0. The number of nitrogens with zero attached hydrogens (tertiary/aromatic N) is 4.